The maximum absolute atomic E-state index is 9.72. The molecular weight excluding hydrogens is 266 g/mol. The van der Waals surface area contributed by atoms with Gasteiger partial charge in [-0.15, -0.1) is 5.11 Å². The molecule has 110 valence electrons. The van der Waals surface area contributed by atoms with Crippen LogP contribution in [0, 0.1) is 27.7 Å². The van der Waals surface area contributed by atoms with Gasteiger partial charge in [0.2, 0.25) is 0 Å². The number of aromatic hydroxyl groups is 2. The molecule has 0 amide bonds. The molecule has 4 N–H and O–H groups in total. The standard InChI is InChI=1S/C16H19N3O2/c1-8-9(2)14(20)6-5-13(8)18-19-16-11(4)10(3)15(21)7-12(16)17/h5-7,20-21H,17H2,1-4H3. The molecular formula is C16H19N3O2. The van der Waals surface area contributed by atoms with Crippen molar-refractivity contribution in [2.45, 2.75) is 27.7 Å². The summed E-state index contributed by atoms with van der Waals surface area (Å²) < 4.78 is 0. The first kappa shape index (κ1) is 14.8. The number of nitrogen functional groups attached to an aromatic ring is 1. The van der Waals surface area contributed by atoms with E-state index in [0.29, 0.717) is 17.1 Å². The zero-order valence-corrected chi connectivity index (χ0v) is 12.6. The van der Waals surface area contributed by atoms with E-state index in [1.807, 2.05) is 20.8 Å². The number of azo groups is 1. The van der Waals surface area contributed by atoms with Gasteiger partial charge in [-0.2, -0.15) is 5.11 Å². The lowest BCUT2D eigenvalue weighted by atomic mass is 10.1. The predicted octanol–water partition coefficient (Wildman–Crippen LogP) is 4.33. The number of nitrogens with two attached hydrogens (primary N) is 1. The van der Waals surface area contributed by atoms with Gasteiger partial charge < -0.3 is 15.9 Å². The third-order valence-electron chi connectivity index (χ3n) is 3.86. The number of nitrogens with zero attached hydrogens (tertiary/aromatic N) is 2. The summed E-state index contributed by atoms with van der Waals surface area (Å²) in [4.78, 5) is 0. The minimum absolute atomic E-state index is 0.153. The summed E-state index contributed by atoms with van der Waals surface area (Å²) in [5, 5.41) is 27.8. The number of phenols is 2. The highest BCUT2D eigenvalue weighted by molar-refractivity contribution is 5.71. The van der Waals surface area contributed by atoms with Crippen LogP contribution in [-0.4, -0.2) is 10.2 Å². The van der Waals surface area contributed by atoms with Gasteiger partial charge in [0.1, 0.15) is 17.2 Å². The number of hydrogen-bond donors (Lipinski definition) is 3. The van der Waals surface area contributed by atoms with Crippen LogP contribution in [0.5, 0.6) is 11.5 Å². The Bertz CT molecular complexity index is 737. The number of anilines is 1. The molecule has 0 aliphatic rings. The molecule has 0 saturated carbocycles. The van der Waals surface area contributed by atoms with Crippen LogP contribution < -0.4 is 5.73 Å². The summed E-state index contributed by atoms with van der Waals surface area (Å²) >= 11 is 0. The molecule has 0 heterocycles. The van der Waals surface area contributed by atoms with E-state index in [4.69, 9.17) is 5.73 Å². The molecule has 0 aromatic heterocycles. The Morgan fingerprint density at radius 1 is 0.810 bits per heavy atom. The maximum atomic E-state index is 9.72. The van der Waals surface area contributed by atoms with Crippen molar-refractivity contribution in [3.63, 3.8) is 0 Å². The number of hydrogen-bond acceptors (Lipinski definition) is 5. The molecule has 5 heteroatoms. The molecule has 0 aliphatic carbocycles. The Balaban J connectivity index is 2.48. The molecule has 0 fully saturated rings. The van der Waals surface area contributed by atoms with Crippen molar-refractivity contribution in [3.05, 3.63) is 40.5 Å². The zero-order chi connectivity index (χ0) is 15.7. The monoisotopic (exact) mass is 285 g/mol. The Labute approximate surface area is 123 Å². The van der Waals surface area contributed by atoms with Crippen molar-refractivity contribution < 1.29 is 10.2 Å². The largest absolute Gasteiger partial charge is 0.508 e. The van der Waals surface area contributed by atoms with Crippen LogP contribution in [0.4, 0.5) is 17.1 Å². The molecule has 0 bridgehead atoms. The van der Waals surface area contributed by atoms with Crippen LogP contribution in [0.15, 0.2) is 28.4 Å². The highest BCUT2D eigenvalue weighted by Gasteiger charge is 2.10. The summed E-state index contributed by atoms with van der Waals surface area (Å²) in [7, 11) is 0. The Morgan fingerprint density at radius 2 is 1.43 bits per heavy atom. The minimum Gasteiger partial charge on any atom is -0.508 e. The van der Waals surface area contributed by atoms with E-state index >= 15 is 0 Å². The Morgan fingerprint density at radius 3 is 2.10 bits per heavy atom. The van der Waals surface area contributed by atoms with Crippen LogP contribution in [0.3, 0.4) is 0 Å². The lowest BCUT2D eigenvalue weighted by molar-refractivity contribution is 0.470. The second-order valence-corrected chi connectivity index (χ2v) is 5.14. The average Bonchev–Trinajstić information content (AvgIpc) is 2.44. The number of phenolic OH excluding ortho intramolecular Hbond substituents is 2. The Kier molecular flexibility index (Phi) is 3.84. The third-order valence-corrected chi connectivity index (χ3v) is 3.86. The van der Waals surface area contributed by atoms with Crippen molar-refractivity contribution in [1.29, 1.82) is 0 Å². The SMILES string of the molecule is Cc1c(O)ccc(N=Nc2c(N)cc(O)c(C)c2C)c1C. The van der Waals surface area contributed by atoms with E-state index in [2.05, 4.69) is 10.2 Å². The van der Waals surface area contributed by atoms with E-state index < -0.39 is 0 Å². The minimum atomic E-state index is 0.153. The summed E-state index contributed by atoms with van der Waals surface area (Å²) in [6.45, 7) is 7.35. The number of rotatable bonds is 2. The highest BCUT2D eigenvalue weighted by atomic mass is 16.3. The van der Waals surface area contributed by atoms with Crippen molar-refractivity contribution in [3.8, 4) is 11.5 Å². The number of benzene rings is 2. The molecule has 0 unspecified atom stereocenters. The topological polar surface area (TPSA) is 91.2 Å². The van der Waals surface area contributed by atoms with Crippen molar-refractivity contribution in [1.82, 2.24) is 0 Å². The molecule has 2 rings (SSSR count). The van der Waals surface area contributed by atoms with Gasteiger partial charge in [0.15, 0.2) is 0 Å². The lowest BCUT2D eigenvalue weighted by Gasteiger charge is -2.09. The smallest absolute Gasteiger partial charge is 0.120 e. The van der Waals surface area contributed by atoms with Gasteiger partial charge in [-0.3, -0.25) is 0 Å². The maximum Gasteiger partial charge on any atom is 0.120 e. The quantitative estimate of drug-likeness (QED) is 0.566. The van der Waals surface area contributed by atoms with Gasteiger partial charge in [-0.05, 0) is 62.1 Å². The summed E-state index contributed by atoms with van der Waals surface area (Å²) in [6, 6.07) is 4.78. The van der Waals surface area contributed by atoms with Gasteiger partial charge in [0, 0.05) is 6.07 Å². The molecule has 0 atom stereocenters. The van der Waals surface area contributed by atoms with Gasteiger partial charge in [-0.1, -0.05) is 0 Å². The molecule has 5 nitrogen and oxygen atoms in total. The van der Waals surface area contributed by atoms with Gasteiger partial charge in [0.25, 0.3) is 0 Å². The zero-order valence-electron chi connectivity index (χ0n) is 12.6. The summed E-state index contributed by atoms with van der Waals surface area (Å²) in [6.07, 6.45) is 0. The second-order valence-electron chi connectivity index (χ2n) is 5.14. The first-order valence-corrected chi connectivity index (χ1v) is 6.62. The van der Waals surface area contributed by atoms with Crippen LogP contribution in [0.2, 0.25) is 0 Å². The van der Waals surface area contributed by atoms with E-state index in [1.54, 1.807) is 19.1 Å². The fraction of sp³-hybridized carbons (Fsp3) is 0.250. The van der Waals surface area contributed by atoms with Gasteiger partial charge in [0.05, 0.1) is 11.4 Å². The van der Waals surface area contributed by atoms with Crippen LogP contribution in [0.25, 0.3) is 0 Å². The van der Waals surface area contributed by atoms with Crippen molar-refractivity contribution in [2.24, 2.45) is 10.2 Å². The summed E-state index contributed by atoms with van der Waals surface area (Å²) in [5.74, 6) is 0.392. The van der Waals surface area contributed by atoms with E-state index in [-0.39, 0.29) is 11.5 Å². The molecule has 21 heavy (non-hydrogen) atoms. The lowest BCUT2D eigenvalue weighted by Crippen LogP contribution is -1.91. The fourth-order valence-corrected chi connectivity index (χ4v) is 2.05. The normalized spacial score (nSPS) is 11.2. The van der Waals surface area contributed by atoms with Crippen LogP contribution in [-0.2, 0) is 0 Å². The van der Waals surface area contributed by atoms with E-state index in [9.17, 15) is 10.2 Å². The van der Waals surface area contributed by atoms with Gasteiger partial charge >= 0.3 is 0 Å². The third kappa shape index (κ3) is 2.67. The molecule has 0 radical (unpaired) electrons. The highest BCUT2D eigenvalue weighted by Crippen LogP contribution is 2.36. The molecule has 2 aromatic rings. The molecule has 2 aromatic carbocycles. The van der Waals surface area contributed by atoms with Gasteiger partial charge in [-0.25, -0.2) is 0 Å². The molecule has 0 saturated heterocycles. The molecule has 0 aliphatic heterocycles. The molecule has 0 spiro atoms. The Hall–Kier alpha value is -2.56. The van der Waals surface area contributed by atoms with Crippen molar-refractivity contribution >= 4 is 17.1 Å². The average molecular weight is 285 g/mol. The predicted molar refractivity (Wildman–Crippen MR) is 83.8 cm³/mol. The second kappa shape index (κ2) is 5.44. The van der Waals surface area contributed by atoms with Crippen LogP contribution in [0.1, 0.15) is 22.3 Å². The summed E-state index contributed by atoms with van der Waals surface area (Å²) in [5.41, 5.74) is 10.7. The first-order chi connectivity index (χ1) is 9.82. The fourth-order valence-electron chi connectivity index (χ4n) is 2.05. The van der Waals surface area contributed by atoms with E-state index in [1.165, 1.54) is 6.07 Å². The van der Waals surface area contributed by atoms with Crippen molar-refractivity contribution in [2.75, 3.05) is 5.73 Å². The van der Waals surface area contributed by atoms with E-state index in [0.717, 1.165) is 22.3 Å². The first-order valence-electron chi connectivity index (χ1n) is 6.62. The van der Waals surface area contributed by atoms with Crippen LogP contribution >= 0.6 is 0 Å².